The molecule has 22 heavy (non-hydrogen) atoms. The summed E-state index contributed by atoms with van der Waals surface area (Å²) in [5, 5.41) is 0. The lowest BCUT2D eigenvalue weighted by Crippen LogP contribution is -2.46. The molecule has 8 nitrogen and oxygen atoms in total. The molecule has 0 radical (unpaired) electrons. The first-order valence-electron chi connectivity index (χ1n) is 7.46. The normalized spacial score (nSPS) is 28.1. The summed E-state index contributed by atoms with van der Waals surface area (Å²) in [4.78, 5) is 37.3. The Hall–Kier alpha value is -1.61. The molecule has 2 rings (SSSR count). The first-order chi connectivity index (χ1) is 10.5. The Morgan fingerprint density at radius 2 is 2.14 bits per heavy atom. The van der Waals surface area contributed by atoms with Crippen molar-refractivity contribution in [3.63, 3.8) is 0 Å². The number of methoxy groups -OCH3 is 1. The molecule has 2 aliphatic rings. The molecule has 0 aromatic carbocycles. The molecule has 2 amide bonds. The van der Waals surface area contributed by atoms with Crippen molar-refractivity contribution in [1.82, 2.24) is 4.90 Å². The SMILES string of the molecule is COC(=O)C1CC1C(BOCN)C(=O)N1CCCC1C(N)=O. The van der Waals surface area contributed by atoms with Crippen LogP contribution in [0.5, 0.6) is 0 Å². The lowest BCUT2D eigenvalue weighted by Gasteiger charge is -2.27. The maximum atomic E-state index is 12.7. The van der Waals surface area contributed by atoms with Gasteiger partial charge >= 0.3 is 5.97 Å². The van der Waals surface area contributed by atoms with Crippen molar-refractivity contribution in [2.75, 3.05) is 20.4 Å². The number of hydrogen-bond donors (Lipinski definition) is 2. The number of esters is 1. The lowest BCUT2D eigenvalue weighted by molar-refractivity contribution is -0.143. The van der Waals surface area contributed by atoms with Gasteiger partial charge in [-0.1, -0.05) is 0 Å². The largest absolute Gasteiger partial charge is 0.469 e. The summed E-state index contributed by atoms with van der Waals surface area (Å²) < 4.78 is 9.92. The highest BCUT2D eigenvalue weighted by Gasteiger charge is 2.53. The fourth-order valence-corrected chi connectivity index (χ4v) is 3.19. The van der Waals surface area contributed by atoms with Gasteiger partial charge in [-0.2, -0.15) is 0 Å². The Balaban J connectivity index is 2.07. The fourth-order valence-electron chi connectivity index (χ4n) is 3.19. The molecule has 1 aliphatic carbocycles. The number of primary amides is 1. The van der Waals surface area contributed by atoms with E-state index in [0.717, 1.165) is 6.42 Å². The maximum Gasteiger partial charge on any atom is 0.308 e. The standard InChI is InChI=1S/C13H22BN3O5/c1-21-13(20)8-5-7(8)10(14-22-6-15)12(19)17-4-2-3-9(17)11(16)18/h7-10,14H,2-6,15H2,1H3,(H2,16,18). The predicted octanol–water partition coefficient (Wildman–Crippen LogP) is -1.66. The highest BCUT2D eigenvalue weighted by atomic mass is 16.5. The van der Waals surface area contributed by atoms with Crippen LogP contribution >= 0.6 is 0 Å². The van der Waals surface area contributed by atoms with Gasteiger partial charge in [-0.25, -0.2) is 0 Å². The number of nitrogens with two attached hydrogens (primary N) is 2. The van der Waals surface area contributed by atoms with Gasteiger partial charge < -0.3 is 25.8 Å². The van der Waals surface area contributed by atoms with Crippen LogP contribution in [0.1, 0.15) is 19.3 Å². The molecular weight excluding hydrogens is 289 g/mol. The average molecular weight is 311 g/mol. The van der Waals surface area contributed by atoms with Crippen LogP contribution in [-0.2, 0) is 23.8 Å². The molecule has 9 heteroatoms. The van der Waals surface area contributed by atoms with E-state index in [-0.39, 0.29) is 37.9 Å². The second kappa shape index (κ2) is 7.10. The third kappa shape index (κ3) is 3.41. The van der Waals surface area contributed by atoms with E-state index in [1.54, 1.807) is 0 Å². The highest BCUT2D eigenvalue weighted by Crippen LogP contribution is 2.48. The Morgan fingerprint density at radius 3 is 2.73 bits per heavy atom. The van der Waals surface area contributed by atoms with Gasteiger partial charge in [-0.15, -0.1) is 0 Å². The van der Waals surface area contributed by atoms with Crippen molar-refractivity contribution in [2.24, 2.45) is 23.3 Å². The summed E-state index contributed by atoms with van der Waals surface area (Å²) in [6.07, 6.45) is 1.91. The molecule has 1 aliphatic heterocycles. The molecule has 122 valence electrons. The van der Waals surface area contributed by atoms with Crippen molar-refractivity contribution in [2.45, 2.75) is 31.1 Å². The van der Waals surface area contributed by atoms with E-state index in [9.17, 15) is 14.4 Å². The zero-order valence-corrected chi connectivity index (χ0v) is 12.7. The van der Waals surface area contributed by atoms with Gasteiger partial charge in [0.15, 0.2) is 0 Å². The minimum absolute atomic E-state index is 0.00135. The van der Waals surface area contributed by atoms with Gasteiger partial charge in [-0.05, 0) is 25.2 Å². The third-order valence-corrected chi connectivity index (χ3v) is 4.46. The Morgan fingerprint density at radius 1 is 1.41 bits per heavy atom. The molecule has 4 N–H and O–H groups in total. The summed E-state index contributed by atoms with van der Waals surface area (Å²) in [6.45, 7) is 0.500. The highest BCUT2D eigenvalue weighted by molar-refractivity contribution is 6.38. The van der Waals surface area contributed by atoms with Crippen LogP contribution in [-0.4, -0.2) is 56.6 Å². The molecule has 0 bridgehead atoms. The second-order valence-electron chi connectivity index (χ2n) is 5.77. The van der Waals surface area contributed by atoms with Gasteiger partial charge in [0.25, 0.3) is 7.48 Å². The summed E-state index contributed by atoms with van der Waals surface area (Å²) in [6, 6.07) is -0.566. The molecule has 1 heterocycles. The van der Waals surface area contributed by atoms with Gasteiger partial charge in [0.05, 0.1) is 19.8 Å². The van der Waals surface area contributed by atoms with Crippen molar-refractivity contribution < 1.29 is 23.8 Å². The van der Waals surface area contributed by atoms with Crippen molar-refractivity contribution in [1.29, 1.82) is 0 Å². The van der Waals surface area contributed by atoms with Gasteiger partial charge in [0.2, 0.25) is 11.8 Å². The first-order valence-corrected chi connectivity index (χ1v) is 7.46. The number of rotatable bonds is 7. The summed E-state index contributed by atoms with van der Waals surface area (Å²) in [5.41, 5.74) is 10.7. The average Bonchev–Trinajstić information content (AvgIpc) is 3.12. The number of nitrogens with zero attached hydrogens (tertiary/aromatic N) is 1. The molecule has 1 saturated carbocycles. The lowest BCUT2D eigenvalue weighted by atomic mass is 9.74. The van der Waals surface area contributed by atoms with Crippen LogP contribution in [0.2, 0.25) is 5.82 Å². The van der Waals surface area contributed by atoms with Crippen LogP contribution in [0.25, 0.3) is 0 Å². The molecule has 0 aromatic rings. The Bertz CT molecular complexity index is 461. The number of ether oxygens (including phenoxy) is 1. The zero-order chi connectivity index (χ0) is 16.3. The maximum absolute atomic E-state index is 12.7. The smallest absolute Gasteiger partial charge is 0.308 e. The summed E-state index contributed by atoms with van der Waals surface area (Å²) >= 11 is 0. The van der Waals surface area contributed by atoms with E-state index in [0.29, 0.717) is 19.4 Å². The van der Waals surface area contributed by atoms with Gasteiger partial charge in [0.1, 0.15) is 6.04 Å². The van der Waals surface area contributed by atoms with E-state index in [2.05, 4.69) is 0 Å². The topological polar surface area (TPSA) is 125 Å². The Labute approximate surface area is 129 Å². The molecule has 0 aromatic heterocycles. The minimum Gasteiger partial charge on any atom is -0.469 e. The number of likely N-dealkylation sites (tertiary alicyclic amines) is 1. The summed E-state index contributed by atoms with van der Waals surface area (Å²) in [5.74, 6) is -1.90. The number of carbonyl (C=O) groups is 3. The van der Waals surface area contributed by atoms with E-state index in [1.165, 1.54) is 12.0 Å². The van der Waals surface area contributed by atoms with E-state index in [4.69, 9.17) is 20.9 Å². The van der Waals surface area contributed by atoms with Gasteiger partial charge in [0, 0.05) is 12.4 Å². The molecule has 4 atom stereocenters. The molecule has 1 saturated heterocycles. The predicted molar refractivity (Wildman–Crippen MR) is 78.6 cm³/mol. The number of hydrogen-bond acceptors (Lipinski definition) is 6. The van der Waals surface area contributed by atoms with E-state index in [1.807, 2.05) is 0 Å². The van der Waals surface area contributed by atoms with E-state index < -0.39 is 17.8 Å². The number of carbonyl (C=O) groups excluding carboxylic acids is 3. The molecule has 2 fully saturated rings. The van der Waals surface area contributed by atoms with E-state index >= 15 is 0 Å². The minimum atomic E-state index is -0.566. The summed E-state index contributed by atoms with van der Waals surface area (Å²) in [7, 11) is 1.46. The van der Waals surface area contributed by atoms with Crippen LogP contribution < -0.4 is 11.5 Å². The first kappa shape index (κ1) is 16.8. The zero-order valence-electron chi connectivity index (χ0n) is 12.7. The molecule has 4 unspecified atom stereocenters. The van der Waals surface area contributed by atoms with Crippen LogP contribution in [0.15, 0.2) is 0 Å². The Kier molecular flexibility index (Phi) is 5.41. The van der Waals surface area contributed by atoms with Crippen molar-refractivity contribution in [3.05, 3.63) is 0 Å². The number of amides is 2. The monoisotopic (exact) mass is 311 g/mol. The van der Waals surface area contributed by atoms with Crippen LogP contribution in [0, 0.1) is 11.8 Å². The van der Waals surface area contributed by atoms with Crippen molar-refractivity contribution in [3.8, 4) is 0 Å². The van der Waals surface area contributed by atoms with Crippen LogP contribution in [0.3, 0.4) is 0 Å². The third-order valence-electron chi connectivity index (χ3n) is 4.46. The van der Waals surface area contributed by atoms with Crippen LogP contribution in [0.4, 0.5) is 0 Å². The fraction of sp³-hybridized carbons (Fsp3) is 0.769. The van der Waals surface area contributed by atoms with Gasteiger partial charge in [-0.3, -0.25) is 14.4 Å². The molecule has 0 spiro atoms. The molecular formula is C13H22BN3O5. The second-order valence-corrected chi connectivity index (χ2v) is 5.77. The quantitative estimate of drug-likeness (QED) is 0.329. The van der Waals surface area contributed by atoms with Crippen molar-refractivity contribution >= 4 is 25.3 Å².